The SMILES string of the molecule is CCc1ccc(C(Br)C(C)(C)CC)s1. The molecule has 0 N–H and O–H groups in total. The highest BCUT2D eigenvalue weighted by atomic mass is 79.9. The average molecular weight is 275 g/mol. The van der Waals surface area contributed by atoms with Gasteiger partial charge in [0.15, 0.2) is 0 Å². The minimum Gasteiger partial charge on any atom is -0.144 e. The van der Waals surface area contributed by atoms with Crippen molar-refractivity contribution in [2.75, 3.05) is 0 Å². The van der Waals surface area contributed by atoms with Gasteiger partial charge >= 0.3 is 0 Å². The zero-order valence-electron chi connectivity index (χ0n) is 9.43. The highest BCUT2D eigenvalue weighted by molar-refractivity contribution is 9.09. The van der Waals surface area contributed by atoms with Crippen LogP contribution in [0.15, 0.2) is 12.1 Å². The molecule has 0 aliphatic heterocycles. The monoisotopic (exact) mass is 274 g/mol. The molecule has 14 heavy (non-hydrogen) atoms. The molecule has 1 aromatic rings. The predicted molar refractivity (Wildman–Crippen MR) is 69.4 cm³/mol. The van der Waals surface area contributed by atoms with E-state index in [1.54, 1.807) is 0 Å². The van der Waals surface area contributed by atoms with Crippen LogP contribution in [0.2, 0.25) is 0 Å². The van der Waals surface area contributed by atoms with Crippen molar-refractivity contribution in [2.24, 2.45) is 5.41 Å². The van der Waals surface area contributed by atoms with Gasteiger partial charge in [-0.25, -0.2) is 0 Å². The van der Waals surface area contributed by atoms with E-state index in [0.717, 1.165) is 6.42 Å². The van der Waals surface area contributed by atoms with Crippen LogP contribution in [-0.4, -0.2) is 0 Å². The number of halogens is 1. The molecule has 0 aromatic carbocycles. The van der Waals surface area contributed by atoms with Gasteiger partial charge in [-0.1, -0.05) is 43.6 Å². The lowest BCUT2D eigenvalue weighted by molar-refractivity contribution is 0.348. The third-order valence-corrected chi connectivity index (χ3v) is 6.21. The molecule has 0 amide bonds. The van der Waals surface area contributed by atoms with Crippen molar-refractivity contribution in [1.82, 2.24) is 0 Å². The van der Waals surface area contributed by atoms with Crippen LogP contribution in [0.4, 0.5) is 0 Å². The molecule has 0 fully saturated rings. The third-order valence-electron chi connectivity index (χ3n) is 2.88. The molecular formula is C12H19BrS. The number of hydrogen-bond donors (Lipinski definition) is 0. The highest BCUT2D eigenvalue weighted by Crippen LogP contribution is 2.45. The van der Waals surface area contributed by atoms with Gasteiger partial charge in [-0.05, 0) is 30.4 Å². The zero-order valence-corrected chi connectivity index (χ0v) is 11.8. The minimum atomic E-state index is 0.343. The number of aryl methyl sites for hydroxylation is 1. The maximum Gasteiger partial charge on any atom is 0.0540 e. The Kier molecular flexibility index (Phi) is 4.20. The van der Waals surface area contributed by atoms with Gasteiger partial charge in [0.25, 0.3) is 0 Å². The molecule has 80 valence electrons. The molecule has 0 bridgehead atoms. The van der Waals surface area contributed by atoms with Crippen molar-refractivity contribution >= 4 is 27.3 Å². The zero-order chi connectivity index (χ0) is 10.8. The number of alkyl halides is 1. The Labute approximate surface area is 99.9 Å². The second-order valence-electron chi connectivity index (χ2n) is 4.36. The van der Waals surface area contributed by atoms with Crippen LogP contribution in [0.5, 0.6) is 0 Å². The number of hydrogen-bond acceptors (Lipinski definition) is 1. The fourth-order valence-electron chi connectivity index (χ4n) is 1.29. The molecule has 0 aliphatic carbocycles. The van der Waals surface area contributed by atoms with Crippen LogP contribution < -0.4 is 0 Å². The summed E-state index contributed by atoms with van der Waals surface area (Å²) in [5.41, 5.74) is 0.343. The van der Waals surface area contributed by atoms with Crippen LogP contribution in [0, 0.1) is 5.41 Å². The van der Waals surface area contributed by atoms with E-state index in [0.29, 0.717) is 10.2 Å². The first-order chi connectivity index (χ1) is 6.51. The Morgan fingerprint density at radius 3 is 2.43 bits per heavy atom. The Morgan fingerprint density at radius 1 is 1.36 bits per heavy atom. The Hall–Kier alpha value is 0.180. The summed E-state index contributed by atoms with van der Waals surface area (Å²) >= 11 is 5.76. The van der Waals surface area contributed by atoms with E-state index in [9.17, 15) is 0 Å². The van der Waals surface area contributed by atoms with Crippen molar-refractivity contribution in [3.05, 3.63) is 21.9 Å². The highest BCUT2D eigenvalue weighted by Gasteiger charge is 2.27. The Bertz CT molecular complexity index is 288. The average Bonchev–Trinajstić information content (AvgIpc) is 2.64. The van der Waals surface area contributed by atoms with Crippen molar-refractivity contribution in [2.45, 2.75) is 45.4 Å². The standard InChI is InChI=1S/C12H19BrS/c1-5-9-7-8-10(14-9)11(13)12(3,4)6-2/h7-8,11H,5-6H2,1-4H3. The van der Waals surface area contributed by atoms with E-state index in [-0.39, 0.29) is 0 Å². The van der Waals surface area contributed by atoms with Gasteiger partial charge in [-0.3, -0.25) is 0 Å². The normalized spacial score (nSPS) is 14.4. The van der Waals surface area contributed by atoms with E-state index in [1.165, 1.54) is 16.2 Å². The Morgan fingerprint density at radius 2 is 2.00 bits per heavy atom. The summed E-state index contributed by atoms with van der Waals surface area (Å²) in [6.45, 7) is 9.10. The summed E-state index contributed by atoms with van der Waals surface area (Å²) in [5, 5.41) is 0. The number of rotatable bonds is 4. The Balaban J connectivity index is 2.83. The second kappa shape index (κ2) is 4.80. The lowest BCUT2D eigenvalue weighted by Crippen LogP contribution is -2.15. The molecular weight excluding hydrogens is 256 g/mol. The maximum absolute atomic E-state index is 3.82. The summed E-state index contributed by atoms with van der Waals surface area (Å²) in [6, 6.07) is 4.51. The molecule has 2 heteroatoms. The first-order valence-corrected chi connectivity index (χ1v) is 6.97. The molecule has 0 saturated carbocycles. The summed E-state index contributed by atoms with van der Waals surface area (Å²) < 4.78 is 0. The van der Waals surface area contributed by atoms with E-state index in [4.69, 9.17) is 0 Å². The van der Waals surface area contributed by atoms with Crippen LogP contribution in [0.3, 0.4) is 0 Å². The maximum atomic E-state index is 3.82. The van der Waals surface area contributed by atoms with Gasteiger partial charge in [-0.2, -0.15) is 0 Å². The molecule has 1 aromatic heterocycles. The van der Waals surface area contributed by atoms with Crippen molar-refractivity contribution in [3.8, 4) is 0 Å². The molecule has 0 radical (unpaired) electrons. The van der Waals surface area contributed by atoms with Crippen LogP contribution in [0.1, 0.15) is 48.7 Å². The van der Waals surface area contributed by atoms with Crippen LogP contribution in [-0.2, 0) is 6.42 Å². The predicted octanol–water partition coefficient (Wildman–Crippen LogP) is 5.18. The molecule has 0 saturated heterocycles. The third kappa shape index (κ3) is 2.60. The topological polar surface area (TPSA) is 0 Å². The molecule has 0 nitrogen and oxygen atoms in total. The fraction of sp³-hybridized carbons (Fsp3) is 0.667. The first-order valence-electron chi connectivity index (χ1n) is 5.24. The minimum absolute atomic E-state index is 0.343. The quantitative estimate of drug-likeness (QED) is 0.664. The van der Waals surface area contributed by atoms with Gasteiger partial charge < -0.3 is 0 Å². The van der Waals surface area contributed by atoms with Gasteiger partial charge in [0.1, 0.15) is 0 Å². The lowest BCUT2D eigenvalue weighted by atomic mass is 9.86. The van der Waals surface area contributed by atoms with Gasteiger partial charge in [-0.15, -0.1) is 11.3 Å². The van der Waals surface area contributed by atoms with Gasteiger partial charge in [0.05, 0.1) is 4.83 Å². The van der Waals surface area contributed by atoms with E-state index in [2.05, 4.69) is 55.8 Å². The van der Waals surface area contributed by atoms with Crippen molar-refractivity contribution in [1.29, 1.82) is 0 Å². The van der Waals surface area contributed by atoms with Crippen molar-refractivity contribution in [3.63, 3.8) is 0 Å². The van der Waals surface area contributed by atoms with Crippen LogP contribution in [0.25, 0.3) is 0 Å². The second-order valence-corrected chi connectivity index (χ2v) is 6.48. The lowest BCUT2D eigenvalue weighted by Gasteiger charge is -2.28. The van der Waals surface area contributed by atoms with E-state index < -0.39 is 0 Å². The fourth-order valence-corrected chi connectivity index (χ4v) is 3.18. The van der Waals surface area contributed by atoms with E-state index >= 15 is 0 Å². The summed E-state index contributed by atoms with van der Waals surface area (Å²) in [4.78, 5) is 3.44. The summed E-state index contributed by atoms with van der Waals surface area (Å²) in [6.07, 6.45) is 2.35. The largest absolute Gasteiger partial charge is 0.144 e. The summed E-state index contributed by atoms with van der Waals surface area (Å²) in [5.74, 6) is 0. The molecule has 1 unspecified atom stereocenters. The number of thiophene rings is 1. The van der Waals surface area contributed by atoms with Gasteiger partial charge in [0, 0.05) is 9.75 Å². The summed E-state index contributed by atoms with van der Waals surface area (Å²) in [7, 11) is 0. The smallest absolute Gasteiger partial charge is 0.0540 e. The molecule has 1 heterocycles. The van der Waals surface area contributed by atoms with Gasteiger partial charge in [0.2, 0.25) is 0 Å². The molecule has 0 aliphatic rings. The molecule has 1 rings (SSSR count). The van der Waals surface area contributed by atoms with Crippen LogP contribution >= 0.6 is 27.3 Å². The van der Waals surface area contributed by atoms with Crippen molar-refractivity contribution < 1.29 is 0 Å². The first kappa shape index (κ1) is 12.3. The molecule has 0 spiro atoms. The molecule has 1 atom stereocenters. The van der Waals surface area contributed by atoms with E-state index in [1.807, 2.05) is 11.3 Å².